The Labute approximate surface area is 134 Å². The first-order valence-corrected chi connectivity index (χ1v) is 9.71. The quantitative estimate of drug-likeness (QED) is 0.634. The highest BCUT2D eigenvalue weighted by molar-refractivity contribution is 8.15. The monoisotopic (exact) mass is 306 g/mol. The van der Waals surface area contributed by atoms with Crippen molar-refractivity contribution in [2.24, 2.45) is 16.8 Å². The predicted molar refractivity (Wildman–Crippen MR) is 92.7 cm³/mol. The fourth-order valence-electron chi connectivity index (χ4n) is 3.73. The molecule has 0 aromatic rings. The maximum Gasteiger partial charge on any atom is 0.169 e. The number of aliphatic imine (C=N–C) groups is 1. The van der Waals surface area contributed by atoms with Gasteiger partial charge in [0.05, 0.1) is 6.04 Å². The molecule has 0 N–H and O–H groups in total. The van der Waals surface area contributed by atoms with Gasteiger partial charge in [-0.3, -0.25) is 4.99 Å². The third-order valence-corrected chi connectivity index (χ3v) is 6.30. The molecule has 1 saturated carbocycles. The zero-order valence-electron chi connectivity index (χ0n) is 13.7. The summed E-state index contributed by atoms with van der Waals surface area (Å²) in [7, 11) is 0. The molecular formula is C18H30N2S. The van der Waals surface area contributed by atoms with Crippen molar-refractivity contribution < 1.29 is 0 Å². The minimum atomic E-state index is 0.424. The van der Waals surface area contributed by atoms with Crippen LogP contribution in [0.1, 0.15) is 78.1 Å². The fraction of sp³-hybridized carbons (Fsp3) is 0.889. The average Bonchev–Trinajstić information content (AvgIpc) is 2.49. The second-order valence-corrected chi connectivity index (χ2v) is 8.39. The molecule has 3 atom stereocenters. The molecule has 1 heterocycles. The van der Waals surface area contributed by atoms with Crippen molar-refractivity contribution in [1.29, 1.82) is 5.26 Å². The highest BCUT2D eigenvalue weighted by atomic mass is 32.2. The van der Waals surface area contributed by atoms with Crippen LogP contribution in [0, 0.1) is 23.2 Å². The number of nitriles is 1. The smallest absolute Gasteiger partial charge is 0.169 e. The lowest BCUT2D eigenvalue weighted by molar-refractivity contribution is 0.314. The molecule has 0 aromatic heterocycles. The van der Waals surface area contributed by atoms with Crippen LogP contribution in [0.5, 0.6) is 0 Å². The van der Waals surface area contributed by atoms with Gasteiger partial charge in [0.25, 0.3) is 0 Å². The Morgan fingerprint density at radius 2 is 1.71 bits per heavy atom. The van der Waals surface area contributed by atoms with Gasteiger partial charge >= 0.3 is 0 Å². The number of rotatable bonds is 1. The number of hydrogen-bond acceptors (Lipinski definition) is 3. The second-order valence-electron chi connectivity index (χ2n) is 7.10. The molecule has 3 heteroatoms. The fourth-order valence-corrected chi connectivity index (χ4v) is 4.91. The molecule has 2 rings (SSSR count). The van der Waals surface area contributed by atoms with Gasteiger partial charge in [0, 0.05) is 5.25 Å². The zero-order valence-corrected chi connectivity index (χ0v) is 14.5. The minimum Gasteiger partial charge on any atom is -0.265 e. The lowest BCUT2D eigenvalue weighted by atomic mass is 9.86. The molecular weight excluding hydrogens is 276 g/mol. The van der Waals surface area contributed by atoms with Crippen LogP contribution in [-0.2, 0) is 0 Å². The van der Waals surface area contributed by atoms with Gasteiger partial charge in [-0.05, 0) is 31.1 Å². The van der Waals surface area contributed by atoms with E-state index in [0.717, 1.165) is 16.9 Å². The standard InChI is InChI=1S/C18H30N2S/c1-14(2)15-8-4-3-5-10-16-12-17(11-7-6-9-15)21-18(13-19)20-16/h14-17H,3-12H2,1-2H3. The molecule has 1 fully saturated rings. The maximum absolute atomic E-state index is 9.17. The topological polar surface area (TPSA) is 36.1 Å². The molecule has 118 valence electrons. The lowest BCUT2D eigenvalue weighted by Crippen LogP contribution is -2.22. The van der Waals surface area contributed by atoms with Crippen LogP contribution in [0.4, 0.5) is 0 Å². The third-order valence-electron chi connectivity index (χ3n) is 5.11. The summed E-state index contributed by atoms with van der Waals surface area (Å²) in [4.78, 5) is 4.63. The van der Waals surface area contributed by atoms with Gasteiger partial charge in [0.15, 0.2) is 5.04 Å². The van der Waals surface area contributed by atoms with Crippen LogP contribution in [0.15, 0.2) is 4.99 Å². The molecule has 0 radical (unpaired) electrons. The van der Waals surface area contributed by atoms with Crippen molar-refractivity contribution in [2.45, 2.75) is 89.3 Å². The Morgan fingerprint density at radius 1 is 1.05 bits per heavy atom. The van der Waals surface area contributed by atoms with Gasteiger partial charge in [0.1, 0.15) is 6.07 Å². The molecule has 1 aliphatic heterocycles. The first-order valence-electron chi connectivity index (χ1n) is 8.83. The molecule has 2 aliphatic rings. The summed E-state index contributed by atoms with van der Waals surface area (Å²) in [6.45, 7) is 4.78. The Kier molecular flexibility index (Phi) is 7.10. The summed E-state index contributed by atoms with van der Waals surface area (Å²) < 4.78 is 0. The van der Waals surface area contributed by atoms with Crippen LogP contribution < -0.4 is 0 Å². The van der Waals surface area contributed by atoms with E-state index >= 15 is 0 Å². The predicted octanol–water partition coefficient (Wildman–Crippen LogP) is 5.58. The Morgan fingerprint density at radius 3 is 2.43 bits per heavy atom. The lowest BCUT2D eigenvalue weighted by Gasteiger charge is -2.25. The van der Waals surface area contributed by atoms with Crippen LogP contribution in [0.3, 0.4) is 0 Å². The van der Waals surface area contributed by atoms with E-state index in [0.29, 0.717) is 11.3 Å². The molecule has 0 amide bonds. The molecule has 2 nitrogen and oxygen atoms in total. The van der Waals surface area contributed by atoms with E-state index in [9.17, 15) is 5.26 Å². The number of nitrogens with zero attached hydrogens (tertiary/aromatic N) is 2. The summed E-state index contributed by atoms with van der Waals surface area (Å²) in [5, 5.41) is 10.6. The summed E-state index contributed by atoms with van der Waals surface area (Å²) in [5.74, 6) is 1.75. The van der Waals surface area contributed by atoms with Gasteiger partial charge in [-0.25, -0.2) is 0 Å². The van der Waals surface area contributed by atoms with Crippen LogP contribution in [0.2, 0.25) is 0 Å². The van der Waals surface area contributed by atoms with E-state index in [1.165, 1.54) is 64.2 Å². The third kappa shape index (κ3) is 5.66. The Hall–Kier alpha value is -0.490. The summed E-state index contributed by atoms with van der Waals surface area (Å²) in [6.07, 6.45) is 13.2. The van der Waals surface area contributed by atoms with Crippen molar-refractivity contribution >= 4 is 16.8 Å². The van der Waals surface area contributed by atoms with E-state index in [1.54, 1.807) is 11.8 Å². The minimum absolute atomic E-state index is 0.424. The first kappa shape index (κ1) is 16.9. The van der Waals surface area contributed by atoms with E-state index < -0.39 is 0 Å². The van der Waals surface area contributed by atoms with Gasteiger partial charge in [-0.2, -0.15) is 5.26 Å². The molecule has 21 heavy (non-hydrogen) atoms. The number of hydrogen-bond donors (Lipinski definition) is 0. The summed E-state index contributed by atoms with van der Waals surface area (Å²) >= 11 is 1.74. The van der Waals surface area contributed by atoms with Crippen LogP contribution in [0.25, 0.3) is 0 Å². The normalized spacial score (nSPS) is 32.3. The molecule has 3 unspecified atom stereocenters. The van der Waals surface area contributed by atoms with Crippen molar-refractivity contribution in [3.63, 3.8) is 0 Å². The van der Waals surface area contributed by atoms with E-state index in [4.69, 9.17) is 0 Å². The highest BCUT2D eigenvalue weighted by Crippen LogP contribution is 2.33. The Balaban J connectivity index is 1.93. The zero-order chi connectivity index (χ0) is 15.1. The Bertz CT molecular complexity index is 383. The molecule has 2 bridgehead atoms. The van der Waals surface area contributed by atoms with Crippen molar-refractivity contribution in [3.8, 4) is 6.07 Å². The van der Waals surface area contributed by atoms with Crippen molar-refractivity contribution in [3.05, 3.63) is 0 Å². The van der Waals surface area contributed by atoms with E-state index in [-0.39, 0.29) is 0 Å². The molecule has 1 aliphatic carbocycles. The van der Waals surface area contributed by atoms with Gasteiger partial charge in [-0.15, -0.1) is 0 Å². The van der Waals surface area contributed by atoms with Gasteiger partial charge in [-0.1, -0.05) is 70.6 Å². The van der Waals surface area contributed by atoms with Gasteiger partial charge < -0.3 is 0 Å². The number of fused-ring (bicyclic) bond motifs is 2. The first-order chi connectivity index (χ1) is 10.2. The SMILES string of the molecule is CC(C)C1CCCCCC2CC(CCCC1)SC(C#N)=N2. The van der Waals surface area contributed by atoms with E-state index in [2.05, 4.69) is 24.9 Å². The van der Waals surface area contributed by atoms with Crippen LogP contribution >= 0.6 is 11.8 Å². The molecule has 0 aromatic carbocycles. The van der Waals surface area contributed by atoms with Crippen molar-refractivity contribution in [2.75, 3.05) is 0 Å². The van der Waals surface area contributed by atoms with Crippen molar-refractivity contribution in [1.82, 2.24) is 0 Å². The highest BCUT2D eigenvalue weighted by Gasteiger charge is 2.24. The summed E-state index contributed by atoms with van der Waals surface area (Å²) in [5.41, 5.74) is 0. The average molecular weight is 307 g/mol. The van der Waals surface area contributed by atoms with Gasteiger partial charge in [0.2, 0.25) is 0 Å². The number of thioether (sulfide) groups is 1. The van der Waals surface area contributed by atoms with E-state index in [1.807, 2.05) is 0 Å². The summed E-state index contributed by atoms with van der Waals surface area (Å²) in [6, 6.07) is 2.72. The molecule has 0 saturated heterocycles. The van der Waals surface area contributed by atoms with Crippen LogP contribution in [-0.4, -0.2) is 16.3 Å². The molecule has 0 spiro atoms. The maximum atomic E-state index is 9.17. The second kappa shape index (κ2) is 8.83. The largest absolute Gasteiger partial charge is 0.265 e.